The van der Waals surface area contributed by atoms with E-state index >= 15 is 0 Å². The highest BCUT2D eigenvalue weighted by Crippen LogP contribution is 2.32. The lowest BCUT2D eigenvalue weighted by Crippen LogP contribution is -2.18. The molecule has 5 nitrogen and oxygen atoms in total. The quantitative estimate of drug-likeness (QED) is 0.632. The van der Waals surface area contributed by atoms with Crippen molar-refractivity contribution in [2.75, 3.05) is 12.3 Å². The van der Waals surface area contributed by atoms with Crippen molar-refractivity contribution in [1.29, 1.82) is 5.41 Å². The van der Waals surface area contributed by atoms with E-state index in [1.807, 2.05) is 38.2 Å². The molecule has 0 radical (unpaired) electrons. The first-order chi connectivity index (χ1) is 10.0. The molecule has 0 saturated carbocycles. The first-order valence-electron chi connectivity index (χ1n) is 7.08. The predicted molar refractivity (Wildman–Crippen MR) is 85.7 cm³/mol. The Kier molecular flexibility index (Phi) is 4.62. The average Bonchev–Trinajstić information content (AvgIpc) is 2.86. The highest BCUT2D eigenvalue weighted by atomic mass is 16.5. The van der Waals surface area contributed by atoms with E-state index in [1.54, 1.807) is 10.9 Å². The number of aromatic nitrogens is 2. The fourth-order valence-corrected chi connectivity index (χ4v) is 2.25. The van der Waals surface area contributed by atoms with Crippen LogP contribution in [0.1, 0.15) is 20.3 Å². The minimum absolute atomic E-state index is 0.141. The van der Waals surface area contributed by atoms with Gasteiger partial charge in [0.15, 0.2) is 0 Å². The standard InChI is InChI=1S/C16H22N4O/c1-4-12(11(2)17)10-21-16-6-5-13(18)9-14(16)15-7-8-19-20(15)3/h5-9,12,17H,4,10,18H2,1-3H3. The third kappa shape index (κ3) is 3.42. The summed E-state index contributed by atoms with van der Waals surface area (Å²) in [6.45, 7) is 4.39. The third-order valence-corrected chi connectivity index (χ3v) is 3.65. The van der Waals surface area contributed by atoms with E-state index in [4.69, 9.17) is 15.9 Å². The molecule has 1 unspecified atom stereocenters. The molecule has 0 bridgehead atoms. The summed E-state index contributed by atoms with van der Waals surface area (Å²) >= 11 is 0. The van der Waals surface area contributed by atoms with Gasteiger partial charge in [0.2, 0.25) is 0 Å². The van der Waals surface area contributed by atoms with Gasteiger partial charge in [0, 0.05) is 36.1 Å². The summed E-state index contributed by atoms with van der Waals surface area (Å²) in [5.74, 6) is 0.912. The minimum Gasteiger partial charge on any atom is -0.492 e. The molecule has 0 spiro atoms. The topological polar surface area (TPSA) is 76.9 Å². The molecular weight excluding hydrogens is 264 g/mol. The number of nitrogens with two attached hydrogens (primary N) is 1. The highest BCUT2D eigenvalue weighted by Gasteiger charge is 2.14. The molecule has 1 heterocycles. The Hall–Kier alpha value is -2.30. The molecule has 0 aliphatic rings. The van der Waals surface area contributed by atoms with Gasteiger partial charge >= 0.3 is 0 Å². The fourth-order valence-electron chi connectivity index (χ4n) is 2.25. The van der Waals surface area contributed by atoms with Crippen molar-refractivity contribution in [3.8, 4) is 17.0 Å². The second-order valence-electron chi connectivity index (χ2n) is 5.19. The highest BCUT2D eigenvalue weighted by molar-refractivity contribution is 5.81. The Balaban J connectivity index is 2.28. The number of nitrogens with one attached hydrogen (secondary N) is 1. The van der Waals surface area contributed by atoms with E-state index in [2.05, 4.69) is 12.0 Å². The lowest BCUT2D eigenvalue weighted by molar-refractivity contribution is 0.281. The number of ether oxygens (including phenoxy) is 1. The monoisotopic (exact) mass is 286 g/mol. The number of benzene rings is 1. The van der Waals surface area contributed by atoms with Crippen molar-refractivity contribution in [3.63, 3.8) is 0 Å². The van der Waals surface area contributed by atoms with Crippen LogP contribution in [-0.4, -0.2) is 22.1 Å². The van der Waals surface area contributed by atoms with Gasteiger partial charge in [0.05, 0.1) is 12.3 Å². The predicted octanol–water partition coefficient (Wildman–Crippen LogP) is 3.11. The SMILES string of the molecule is CCC(COc1ccc(N)cc1-c1ccnn1C)C(C)=N. The van der Waals surface area contributed by atoms with Gasteiger partial charge in [-0.2, -0.15) is 5.10 Å². The van der Waals surface area contributed by atoms with E-state index in [0.29, 0.717) is 18.0 Å². The van der Waals surface area contributed by atoms with Crippen LogP contribution in [0, 0.1) is 11.3 Å². The second kappa shape index (κ2) is 6.43. The maximum absolute atomic E-state index is 7.76. The summed E-state index contributed by atoms with van der Waals surface area (Å²) < 4.78 is 7.74. The van der Waals surface area contributed by atoms with Crippen LogP contribution >= 0.6 is 0 Å². The molecule has 3 N–H and O–H groups in total. The van der Waals surface area contributed by atoms with Gasteiger partial charge < -0.3 is 15.9 Å². The molecule has 1 aromatic heterocycles. The number of hydrogen-bond donors (Lipinski definition) is 2. The zero-order valence-electron chi connectivity index (χ0n) is 12.8. The number of aryl methyl sites for hydroxylation is 1. The molecule has 1 atom stereocenters. The summed E-state index contributed by atoms with van der Waals surface area (Å²) in [4.78, 5) is 0. The summed E-state index contributed by atoms with van der Waals surface area (Å²) in [5, 5.41) is 12.0. The minimum atomic E-state index is 0.141. The van der Waals surface area contributed by atoms with Crippen LogP contribution in [0.2, 0.25) is 0 Å². The van der Waals surface area contributed by atoms with Crippen LogP contribution in [0.3, 0.4) is 0 Å². The Bertz CT molecular complexity index is 633. The summed E-state index contributed by atoms with van der Waals surface area (Å²) in [6, 6.07) is 7.53. The van der Waals surface area contributed by atoms with E-state index in [1.165, 1.54) is 0 Å². The first kappa shape index (κ1) is 15.1. The Labute approximate surface area is 125 Å². The summed E-state index contributed by atoms with van der Waals surface area (Å²) in [7, 11) is 1.89. The number of anilines is 1. The number of nitrogens with zero attached hydrogens (tertiary/aromatic N) is 2. The molecule has 0 aliphatic carbocycles. The van der Waals surface area contributed by atoms with E-state index in [-0.39, 0.29) is 5.92 Å². The molecule has 0 amide bonds. The lowest BCUT2D eigenvalue weighted by Gasteiger charge is -2.17. The van der Waals surface area contributed by atoms with Crippen LogP contribution < -0.4 is 10.5 Å². The molecule has 1 aromatic carbocycles. The van der Waals surface area contributed by atoms with E-state index in [9.17, 15) is 0 Å². The molecule has 2 rings (SSSR count). The Morgan fingerprint density at radius 3 is 2.76 bits per heavy atom. The van der Waals surface area contributed by atoms with Gasteiger partial charge in [-0.3, -0.25) is 4.68 Å². The van der Waals surface area contributed by atoms with Crippen molar-refractivity contribution >= 4 is 11.4 Å². The van der Waals surface area contributed by atoms with Crippen molar-refractivity contribution in [2.24, 2.45) is 13.0 Å². The van der Waals surface area contributed by atoms with E-state index in [0.717, 1.165) is 23.4 Å². The Morgan fingerprint density at radius 2 is 2.19 bits per heavy atom. The van der Waals surface area contributed by atoms with Crippen molar-refractivity contribution in [1.82, 2.24) is 9.78 Å². The molecule has 0 aliphatic heterocycles. The summed E-state index contributed by atoms with van der Waals surface area (Å²) in [5.41, 5.74) is 9.11. The number of rotatable bonds is 6. The molecule has 0 fully saturated rings. The third-order valence-electron chi connectivity index (χ3n) is 3.65. The second-order valence-corrected chi connectivity index (χ2v) is 5.19. The van der Waals surface area contributed by atoms with Crippen LogP contribution in [0.15, 0.2) is 30.5 Å². The van der Waals surface area contributed by atoms with Gasteiger partial charge in [-0.15, -0.1) is 0 Å². The van der Waals surface area contributed by atoms with Crippen LogP contribution in [0.5, 0.6) is 5.75 Å². The van der Waals surface area contributed by atoms with Gasteiger partial charge in [-0.05, 0) is 37.6 Å². The normalized spacial score (nSPS) is 12.1. The first-order valence-corrected chi connectivity index (χ1v) is 7.08. The summed E-state index contributed by atoms with van der Waals surface area (Å²) in [6.07, 6.45) is 2.64. The maximum atomic E-state index is 7.76. The zero-order chi connectivity index (χ0) is 15.4. The largest absolute Gasteiger partial charge is 0.492 e. The average molecular weight is 286 g/mol. The van der Waals surface area contributed by atoms with E-state index < -0.39 is 0 Å². The van der Waals surface area contributed by atoms with Crippen LogP contribution in [-0.2, 0) is 7.05 Å². The van der Waals surface area contributed by atoms with Crippen LogP contribution in [0.4, 0.5) is 5.69 Å². The van der Waals surface area contributed by atoms with Gasteiger partial charge in [0.1, 0.15) is 5.75 Å². The molecule has 112 valence electrons. The molecule has 2 aromatic rings. The van der Waals surface area contributed by atoms with Gasteiger partial charge in [-0.1, -0.05) is 6.92 Å². The Morgan fingerprint density at radius 1 is 1.43 bits per heavy atom. The number of hydrogen-bond acceptors (Lipinski definition) is 4. The maximum Gasteiger partial charge on any atom is 0.128 e. The fraction of sp³-hybridized carbons (Fsp3) is 0.375. The smallest absolute Gasteiger partial charge is 0.128 e. The van der Waals surface area contributed by atoms with Crippen molar-refractivity contribution in [2.45, 2.75) is 20.3 Å². The van der Waals surface area contributed by atoms with Crippen molar-refractivity contribution in [3.05, 3.63) is 30.5 Å². The van der Waals surface area contributed by atoms with Gasteiger partial charge in [0.25, 0.3) is 0 Å². The molecule has 21 heavy (non-hydrogen) atoms. The molecule has 0 saturated heterocycles. The van der Waals surface area contributed by atoms with Crippen LogP contribution in [0.25, 0.3) is 11.3 Å². The number of nitrogen functional groups attached to an aromatic ring is 1. The molecular formula is C16H22N4O. The van der Waals surface area contributed by atoms with Gasteiger partial charge in [-0.25, -0.2) is 0 Å². The molecule has 5 heteroatoms. The zero-order valence-corrected chi connectivity index (χ0v) is 12.8. The van der Waals surface area contributed by atoms with Crippen molar-refractivity contribution < 1.29 is 4.74 Å². The lowest BCUT2D eigenvalue weighted by atomic mass is 10.0.